The van der Waals surface area contributed by atoms with E-state index < -0.39 is 5.97 Å². The third-order valence-electron chi connectivity index (χ3n) is 3.72. The number of aromatic nitrogens is 3. The van der Waals surface area contributed by atoms with Crippen LogP contribution in [0.1, 0.15) is 44.8 Å². The fraction of sp³-hybridized carbons (Fsp3) is 0.250. The maximum atomic E-state index is 12.7. The number of fused-ring (bicyclic) bond motifs is 1. The molecule has 1 aromatic carbocycles. The van der Waals surface area contributed by atoms with Crippen LogP contribution in [-0.2, 0) is 13.5 Å². The highest BCUT2D eigenvalue weighted by Crippen LogP contribution is 2.26. The maximum Gasteiger partial charge on any atom is 0.335 e. The largest absolute Gasteiger partial charge is 0.478 e. The second-order valence-corrected chi connectivity index (χ2v) is 5.35. The van der Waals surface area contributed by atoms with Crippen LogP contribution in [0, 0.1) is 0 Å². The lowest BCUT2D eigenvalue weighted by Crippen LogP contribution is -2.06. The van der Waals surface area contributed by atoms with E-state index >= 15 is 0 Å². The number of hydrogen-bond donors (Lipinski definition) is 1. The van der Waals surface area contributed by atoms with E-state index in [1.54, 1.807) is 36.1 Å². The van der Waals surface area contributed by atoms with Crippen molar-refractivity contribution in [2.75, 3.05) is 0 Å². The Balaban J connectivity index is 1.99. The number of carbonyl (C=O) groups excluding carboxylic acids is 1. The van der Waals surface area contributed by atoms with Crippen molar-refractivity contribution in [3.05, 3.63) is 52.4 Å². The number of allylic oxidation sites excluding steroid dienone is 1. The van der Waals surface area contributed by atoms with Gasteiger partial charge in [-0.15, -0.1) is 5.10 Å². The monoisotopic (exact) mass is 297 g/mol. The first kappa shape index (κ1) is 14.2. The van der Waals surface area contributed by atoms with Gasteiger partial charge in [-0.2, -0.15) is 0 Å². The summed E-state index contributed by atoms with van der Waals surface area (Å²) in [7, 11) is 1.77. The Bertz CT molecular complexity index is 790. The van der Waals surface area contributed by atoms with Gasteiger partial charge in [0, 0.05) is 18.2 Å². The van der Waals surface area contributed by atoms with Gasteiger partial charge in [0.1, 0.15) is 5.69 Å². The lowest BCUT2D eigenvalue weighted by molar-refractivity contribution is 0.0696. The van der Waals surface area contributed by atoms with Crippen molar-refractivity contribution >= 4 is 17.8 Å². The van der Waals surface area contributed by atoms with E-state index in [4.69, 9.17) is 5.11 Å². The summed E-state index contributed by atoms with van der Waals surface area (Å²) in [6.07, 6.45) is 5.65. The summed E-state index contributed by atoms with van der Waals surface area (Å²) >= 11 is 0. The molecule has 0 saturated carbocycles. The van der Waals surface area contributed by atoms with Crippen molar-refractivity contribution in [1.29, 1.82) is 0 Å². The number of nitrogens with zero attached hydrogens (tertiary/aromatic N) is 3. The predicted octanol–water partition coefficient (Wildman–Crippen LogP) is 2.12. The number of benzene rings is 1. The summed E-state index contributed by atoms with van der Waals surface area (Å²) in [4.78, 5) is 23.7. The standard InChI is InChI=1S/C16H15N3O3/c1-19-9-13(17-18-19)8-11-4-2-3-10-7-12(16(21)22)5-6-14(10)15(11)20/h5-9H,2-4H2,1H3,(H,21,22). The predicted molar refractivity (Wildman–Crippen MR) is 79.6 cm³/mol. The molecule has 22 heavy (non-hydrogen) atoms. The quantitative estimate of drug-likeness (QED) is 0.678. The molecule has 2 aromatic rings. The lowest BCUT2D eigenvalue weighted by atomic mass is 9.97. The molecule has 1 aromatic heterocycles. The smallest absolute Gasteiger partial charge is 0.335 e. The van der Waals surface area contributed by atoms with Crippen molar-refractivity contribution in [2.24, 2.45) is 7.05 Å². The number of ketones is 1. The van der Waals surface area contributed by atoms with Crippen LogP contribution in [0.15, 0.2) is 30.0 Å². The van der Waals surface area contributed by atoms with Crippen LogP contribution in [0.4, 0.5) is 0 Å². The number of carbonyl (C=O) groups is 2. The van der Waals surface area contributed by atoms with Crippen molar-refractivity contribution < 1.29 is 14.7 Å². The molecular weight excluding hydrogens is 282 g/mol. The van der Waals surface area contributed by atoms with Gasteiger partial charge in [-0.1, -0.05) is 5.21 Å². The van der Waals surface area contributed by atoms with Gasteiger partial charge in [-0.3, -0.25) is 9.48 Å². The third kappa shape index (κ3) is 2.67. The first-order valence-electron chi connectivity index (χ1n) is 7.02. The zero-order chi connectivity index (χ0) is 15.7. The van der Waals surface area contributed by atoms with Crippen LogP contribution in [0.5, 0.6) is 0 Å². The van der Waals surface area contributed by atoms with E-state index in [9.17, 15) is 9.59 Å². The van der Waals surface area contributed by atoms with Crippen LogP contribution < -0.4 is 0 Å². The molecular formula is C16H15N3O3. The minimum Gasteiger partial charge on any atom is -0.478 e. The fourth-order valence-corrected chi connectivity index (χ4v) is 2.66. The molecule has 0 amide bonds. The normalized spacial score (nSPS) is 16.4. The number of rotatable bonds is 2. The molecule has 0 atom stereocenters. The van der Waals surface area contributed by atoms with Crippen molar-refractivity contribution in [3.8, 4) is 0 Å². The van der Waals surface area contributed by atoms with E-state index in [1.165, 1.54) is 6.07 Å². The van der Waals surface area contributed by atoms with Crippen LogP contribution in [0.25, 0.3) is 6.08 Å². The highest BCUT2D eigenvalue weighted by Gasteiger charge is 2.21. The Morgan fingerprint density at radius 1 is 1.36 bits per heavy atom. The number of aromatic carboxylic acids is 1. The van der Waals surface area contributed by atoms with Gasteiger partial charge < -0.3 is 5.11 Å². The highest BCUT2D eigenvalue weighted by atomic mass is 16.4. The molecule has 1 aliphatic rings. The first-order valence-corrected chi connectivity index (χ1v) is 7.02. The molecule has 1 heterocycles. The number of aryl methyl sites for hydroxylation is 2. The average Bonchev–Trinajstić information content (AvgIpc) is 2.83. The summed E-state index contributed by atoms with van der Waals surface area (Å²) in [5, 5.41) is 16.9. The first-order chi connectivity index (χ1) is 10.5. The maximum absolute atomic E-state index is 12.7. The van der Waals surface area contributed by atoms with Crippen LogP contribution in [-0.4, -0.2) is 31.9 Å². The SMILES string of the molecule is Cn1cc(C=C2CCCc3cc(C(=O)O)ccc3C2=O)nn1. The molecule has 0 radical (unpaired) electrons. The van der Waals surface area contributed by atoms with E-state index in [0.717, 1.165) is 12.0 Å². The minimum atomic E-state index is -0.977. The summed E-state index contributed by atoms with van der Waals surface area (Å²) in [6, 6.07) is 4.68. The van der Waals surface area contributed by atoms with Gasteiger partial charge in [-0.25, -0.2) is 4.79 Å². The molecule has 1 aliphatic carbocycles. The van der Waals surface area contributed by atoms with Crippen molar-refractivity contribution in [3.63, 3.8) is 0 Å². The number of carboxylic acid groups (broad SMARTS) is 1. The van der Waals surface area contributed by atoms with E-state index in [1.807, 2.05) is 0 Å². The zero-order valence-corrected chi connectivity index (χ0v) is 12.1. The molecule has 6 nitrogen and oxygen atoms in total. The topological polar surface area (TPSA) is 85.1 Å². The van der Waals surface area contributed by atoms with Crippen molar-refractivity contribution in [1.82, 2.24) is 15.0 Å². The Morgan fingerprint density at radius 2 is 2.18 bits per heavy atom. The Hall–Kier alpha value is -2.76. The van der Waals surface area contributed by atoms with Gasteiger partial charge >= 0.3 is 5.97 Å². The summed E-state index contributed by atoms with van der Waals surface area (Å²) in [5.41, 5.74) is 2.93. The summed E-state index contributed by atoms with van der Waals surface area (Å²) < 4.78 is 1.58. The van der Waals surface area contributed by atoms with Gasteiger partial charge in [-0.05, 0) is 49.1 Å². The van der Waals surface area contributed by atoms with E-state index in [-0.39, 0.29) is 11.3 Å². The summed E-state index contributed by atoms with van der Waals surface area (Å²) in [6.45, 7) is 0. The molecule has 0 unspecified atom stereocenters. The Labute approximate surface area is 127 Å². The third-order valence-corrected chi connectivity index (χ3v) is 3.72. The summed E-state index contributed by atoms with van der Waals surface area (Å²) in [5.74, 6) is -1.04. The molecule has 6 heteroatoms. The molecule has 0 aliphatic heterocycles. The highest BCUT2D eigenvalue weighted by molar-refractivity contribution is 6.12. The lowest BCUT2D eigenvalue weighted by Gasteiger charge is -2.06. The van der Waals surface area contributed by atoms with Crippen molar-refractivity contribution in [2.45, 2.75) is 19.3 Å². The molecule has 3 rings (SSSR count). The fourth-order valence-electron chi connectivity index (χ4n) is 2.66. The Kier molecular flexibility index (Phi) is 3.58. The average molecular weight is 297 g/mol. The molecule has 1 N–H and O–H groups in total. The van der Waals surface area contributed by atoms with Gasteiger partial charge in [0.15, 0.2) is 5.78 Å². The molecule has 0 spiro atoms. The molecule has 0 fully saturated rings. The molecule has 0 saturated heterocycles. The zero-order valence-electron chi connectivity index (χ0n) is 12.1. The number of hydrogen-bond acceptors (Lipinski definition) is 4. The van der Waals surface area contributed by atoms with Crippen LogP contribution in [0.2, 0.25) is 0 Å². The second kappa shape index (κ2) is 5.55. The number of Topliss-reactive ketones (excluding diaryl/α,β-unsaturated/α-hetero) is 1. The minimum absolute atomic E-state index is 0.0601. The molecule has 0 bridgehead atoms. The van der Waals surface area contributed by atoms with Gasteiger partial charge in [0.05, 0.1) is 11.8 Å². The second-order valence-electron chi connectivity index (χ2n) is 5.35. The van der Waals surface area contributed by atoms with Crippen LogP contribution >= 0.6 is 0 Å². The number of carboxylic acids is 1. The van der Waals surface area contributed by atoms with E-state index in [2.05, 4.69) is 10.3 Å². The van der Waals surface area contributed by atoms with Crippen LogP contribution in [0.3, 0.4) is 0 Å². The van der Waals surface area contributed by atoms with Gasteiger partial charge in [0.25, 0.3) is 0 Å². The molecule has 112 valence electrons. The van der Waals surface area contributed by atoms with Gasteiger partial charge in [0.2, 0.25) is 0 Å². The Morgan fingerprint density at radius 3 is 2.86 bits per heavy atom. The van der Waals surface area contributed by atoms with E-state index in [0.29, 0.717) is 29.7 Å².